The van der Waals surface area contributed by atoms with Crippen molar-refractivity contribution >= 4 is 0 Å². The second-order valence-electron chi connectivity index (χ2n) is 9.12. The number of hydrogen-bond donors (Lipinski definition) is 0. The van der Waals surface area contributed by atoms with Crippen LogP contribution in [0.5, 0.6) is 0 Å². The van der Waals surface area contributed by atoms with E-state index in [4.69, 9.17) is 0 Å². The molecule has 0 saturated heterocycles. The molecule has 0 aliphatic heterocycles. The third-order valence-corrected chi connectivity index (χ3v) is 6.50. The van der Waals surface area contributed by atoms with Gasteiger partial charge in [-0.15, -0.1) is 0 Å². The summed E-state index contributed by atoms with van der Waals surface area (Å²) in [7, 11) is 0. The fourth-order valence-corrected chi connectivity index (χ4v) is 4.08. The van der Waals surface area contributed by atoms with Crippen molar-refractivity contribution in [2.24, 2.45) is 0 Å². The minimum Gasteiger partial charge on any atom is -0.0646 e. The summed E-state index contributed by atoms with van der Waals surface area (Å²) in [6.07, 6.45) is 2.22. The minimum absolute atomic E-state index is 0.0950. The van der Waals surface area contributed by atoms with Crippen molar-refractivity contribution in [2.75, 3.05) is 0 Å². The van der Waals surface area contributed by atoms with Gasteiger partial charge in [-0.3, -0.25) is 0 Å². The molecule has 0 amide bonds. The standard InChI is InChI=1S/C28H34/c1-7-27(3,4)25-23(21-15-11-9-12-16-21)19-20-24(22-17-13-10-14-18-22)26(25)28(5,6)8-2/h9-20H,7-8H2,1-6H3. The van der Waals surface area contributed by atoms with E-state index < -0.39 is 0 Å². The normalized spacial score (nSPS) is 12.2. The van der Waals surface area contributed by atoms with Crippen LogP contribution >= 0.6 is 0 Å². The molecule has 3 rings (SSSR count). The van der Waals surface area contributed by atoms with E-state index in [9.17, 15) is 0 Å². The lowest BCUT2D eigenvalue weighted by Crippen LogP contribution is -2.27. The van der Waals surface area contributed by atoms with Crippen LogP contribution in [-0.4, -0.2) is 0 Å². The van der Waals surface area contributed by atoms with Gasteiger partial charge in [-0.2, -0.15) is 0 Å². The van der Waals surface area contributed by atoms with Gasteiger partial charge in [0.2, 0.25) is 0 Å². The molecule has 0 heterocycles. The molecule has 0 nitrogen and oxygen atoms in total. The van der Waals surface area contributed by atoms with Crippen LogP contribution in [0.15, 0.2) is 72.8 Å². The molecule has 28 heavy (non-hydrogen) atoms. The fourth-order valence-electron chi connectivity index (χ4n) is 4.08. The second kappa shape index (κ2) is 7.95. The smallest absolute Gasteiger partial charge is 0.00969 e. The van der Waals surface area contributed by atoms with Gasteiger partial charge in [-0.1, -0.05) is 114 Å². The monoisotopic (exact) mass is 370 g/mol. The zero-order valence-electron chi connectivity index (χ0n) is 18.3. The van der Waals surface area contributed by atoms with E-state index in [0.29, 0.717) is 0 Å². The molecule has 0 atom stereocenters. The summed E-state index contributed by atoms with van der Waals surface area (Å²) >= 11 is 0. The third-order valence-electron chi connectivity index (χ3n) is 6.50. The van der Waals surface area contributed by atoms with E-state index in [0.717, 1.165) is 12.8 Å². The number of benzene rings is 3. The number of hydrogen-bond acceptors (Lipinski definition) is 0. The van der Waals surface area contributed by atoms with E-state index in [1.807, 2.05) is 0 Å². The van der Waals surface area contributed by atoms with Crippen LogP contribution in [0.4, 0.5) is 0 Å². The molecular weight excluding hydrogens is 336 g/mol. The molecule has 0 bridgehead atoms. The van der Waals surface area contributed by atoms with E-state index >= 15 is 0 Å². The van der Waals surface area contributed by atoms with Crippen LogP contribution in [0.25, 0.3) is 22.3 Å². The first-order chi connectivity index (χ1) is 13.3. The van der Waals surface area contributed by atoms with Crippen LogP contribution in [-0.2, 0) is 10.8 Å². The molecule has 0 spiro atoms. The third kappa shape index (κ3) is 3.78. The Morgan fingerprint density at radius 1 is 0.500 bits per heavy atom. The Bertz CT molecular complexity index is 837. The minimum atomic E-state index is 0.0950. The first-order valence-corrected chi connectivity index (χ1v) is 10.6. The molecule has 0 saturated carbocycles. The lowest BCUT2D eigenvalue weighted by Gasteiger charge is -2.37. The molecule has 3 aromatic rings. The zero-order chi connectivity index (χ0) is 20.4. The van der Waals surface area contributed by atoms with Crippen molar-refractivity contribution in [3.05, 3.63) is 83.9 Å². The van der Waals surface area contributed by atoms with Gasteiger partial charge < -0.3 is 0 Å². The first-order valence-electron chi connectivity index (χ1n) is 10.6. The van der Waals surface area contributed by atoms with Crippen molar-refractivity contribution in [3.8, 4) is 22.3 Å². The molecule has 146 valence electrons. The lowest BCUT2D eigenvalue weighted by atomic mass is 9.66. The van der Waals surface area contributed by atoms with Gasteiger partial charge in [0.25, 0.3) is 0 Å². The summed E-state index contributed by atoms with van der Waals surface area (Å²) < 4.78 is 0. The Hall–Kier alpha value is -2.34. The van der Waals surface area contributed by atoms with Gasteiger partial charge in [0, 0.05) is 0 Å². The fraction of sp³-hybridized carbons (Fsp3) is 0.357. The molecule has 0 heteroatoms. The van der Waals surface area contributed by atoms with E-state index in [1.165, 1.54) is 33.4 Å². The van der Waals surface area contributed by atoms with Gasteiger partial charge in [0.05, 0.1) is 0 Å². The van der Waals surface area contributed by atoms with Gasteiger partial charge in [-0.05, 0) is 57.1 Å². The van der Waals surface area contributed by atoms with E-state index in [-0.39, 0.29) is 10.8 Å². The topological polar surface area (TPSA) is 0 Å². The predicted molar refractivity (Wildman–Crippen MR) is 124 cm³/mol. The summed E-state index contributed by atoms with van der Waals surface area (Å²) in [6.45, 7) is 14.2. The van der Waals surface area contributed by atoms with Crippen molar-refractivity contribution in [2.45, 2.75) is 65.2 Å². The van der Waals surface area contributed by atoms with Crippen LogP contribution in [0.2, 0.25) is 0 Å². The van der Waals surface area contributed by atoms with E-state index in [2.05, 4.69) is 114 Å². The van der Waals surface area contributed by atoms with Crippen molar-refractivity contribution in [3.63, 3.8) is 0 Å². The molecular formula is C28H34. The molecule has 0 aliphatic carbocycles. The van der Waals surface area contributed by atoms with Crippen molar-refractivity contribution in [1.29, 1.82) is 0 Å². The molecule has 0 aliphatic rings. The molecule has 0 radical (unpaired) electrons. The second-order valence-corrected chi connectivity index (χ2v) is 9.12. The summed E-state index contributed by atoms with van der Waals surface area (Å²) in [5, 5.41) is 0. The Morgan fingerprint density at radius 3 is 1.11 bits per heavy atom. The Labute approximate surface area is 171 Å². The Morgan fingerprint density at radius 2 is 0.821 bits per heavy atom. The highest BCUT2D eigenvalue weighted by Crippen LogP contribution is 2.47. The molecule has 0 fully saturated rings. The average Bonchev–Trinajstić information content (AvgIpc) is 2.74. The predicted octanol–water partition coefficient (Wildman–Crippen LogP) is 8.40. The van der Waals surface area contributed by atoms with Gasteiger partial charge in [-0.25, -0.2) is 0 Å². The van der Waals surface area contributed by atoms with Crippen LogP contribution in [0.1, 0.15) is 65.5 Å². The van der Waals surface area contributed by atoms with Crippen LogP contribution in [0, 0.1) is 0 Å². The highest BCUT2D eigenvalue weighted by atomic mass is 14.4. The largest absolute Gasteiger partial charge is 0.0646 e. The Kier molecular flexibility index (Phi) is 5.79. The van der Waals surface area contributed by atoms with Gasteiger partial charge >= 0.3 is 0 Å². The van der Waals surface area contributed by atoms with Crippen molar-refractivity contribution in [1.82, 2.24) is 0 Å². The first kappa shape index (κ1) is 20.4. The SMILES string of the molecule is CCC(C)(C)c1c(-c2ccccc2)ccc(-c2ccccc2)c1C(C)(C)CC. The Balaban J connectivity index is 2.45. The maximum Gasteiger partial charge on any atom is -0.00969 e. The summed E-state index contributed by atoms with van der Waals surface area (Å²) in [6, 6.07) is 26.5. The zero-order valence-corrected chi connectivity index (χ0v) is 18.3. The van der Waals surface area contributed by atoms with Gasteiger partial charge in [0.15, 0.2) is 0 Å². The molecule has 0 unspecified atom stereocenters. The summed E-state index contributed by atoms with van der Waals surface area (Å²) in [4.78, 5) is 0. The summed E-state index contributed by atoms with van der Waals surface area (Å²) in [5.74, 6) is 0. The average molecular weight is 371 g/mol. The molecule has 0 aromatic heterocycles. The molecule has 3 aromatic carbocycles. The summed E-state index contributed by atoms with van der Waals surface area (Å²) in [5.41, 5.74) is 8.59. The lowest BCUT2D eigenvalue weighted by molar-refractivity contribution is 0.458. The highest BCUT2D eigenvalue weighted by molar-refractivity contribution is 5.79. The maximum absolute atomic E-state index is 2.40. The van der Waals surface area contributed by atoms with Crippen LogP contribution < -0.4 is 0 Å². The van der Waals surface area contributed by atoms with Crippen LogP contribution in [0.3, 0.4) is 0 Å². The molecule has 0 N–H and O–H groups in total. The number of rotatable bonds is 6. The highest BCUT2D eigenvalue weighted by Gasteiger charge is 2.33. The van der Waals surface area contributed by atoms with Crippen molar-refractivity contribution < 1.29 is 0 Å². The maximum atomic E-state index is 2.40. The van der Waals surface area contributed by atoms with Gasteiger partial charge in [0.1, 0.15) is 0 Å². The quantitative estimate of drug-likeness (QED) is 0.408. The van der Waals surface area contributed by atoms with E-state index in [1.54, 1.807) is 0 Å².